The maximum Gasteiger partial charge on any atom is 0.573 e. The fraction of sp³-hybridized carbons (Fsp3) is 0.154. The molecule has 0 bridgehead atoms. The van der Waals surface area contributed by atoms with Crippen LogP contribution in [0.2, 0.25) is 0 Å². The minimum atomic E-state index is -4.75. The number of halogens is 4. The van der Waals surface area contributed by atoms with Gasteiger partial charge in [0.25, 0.3) is 0 Å². The van der Waals surface area contributed by atoms with Crippen molar-refractivity contribution in [2.45, 2.75) is 26.1 Å². The van der Waals surface area contributed by atoms with E-state index in [0.717, 1.165) is 16.7 Å². The first-order chi connectivity index (χ1) is 18.1. The third kappa shape index (κ3) is 6.91. The number of hydrogen-bond acceptors (Lipinski definition) is 5. The number of hydrogen-bond donors (Lipinski definition) is 2. The van der Waals surface area contributed by atoms with E-state index in [-0.39, 0.29) is 16.8 Å². The third-order valence-electron chi connectivity index (χ3n) is 5.28. The van der Waals surface area contributed by atoms with Gasteiger partial charge in [-0.1, -0.05) is 50.2 Å². The van der Waals surface area contributed by atoms with Gasteiger partial charge in [0.2, 0.25) is 0 Å². The van der Waals surface area contributed by atoms with Gasteiger partial charge in [-0.3, -0.25) is 5.43 Å². The van der Waals surface area contributed by atoms with Crippen molar-refractivity contribution >= 4 is 29.2 Å². The van der Waals surface area contributed by atoms with E-state index in [0.29, 0.717) is 17.2 Å². The van der Waals surface area contributed by atoms with Crippen LogP contribution < -0.4 is 15.5 Å². The molecule has 4 aromatic rings. The lowest BCUT2D eigenvalue weighted by atomic mass is 10.0. The average Bonchev–Trinajstić information content (AvgIpc) is 3.35. The predicted molar refractivity (Wildman–Crippen MR) is 141 cm³/mol. The first kappa shape index (κ1) is 26.7. The van der Waals surface area contributed by atoms with Crippen LogP contribution in [-0.2, 0) is 0 Å². The number of nitrogens with zero attached hydrogens (tertiary/aromatic N) is 4. The fourth-order valence-electron chi connectivity index (χ4n) is 3.50. The topological polar surface area (TPSA) is 76.4 Å². The molecule has 1 heterocycles. The molecule has 196 valence electrons. The minimum Gasteiger partial charge on any atom is -0.406 e. The molecule has 0 radical (unpaired) electrons. The third-order valence-corrected chi connectivity index (χ3v) is 5.48. The summed E-state index contributed by atoms with van der Waals surface area (Å²) in [5.74, 6) is -0.184. The zero-order valence-electron chi connectivity index (χ0n) is 20.2. The number of nitrogens with one attached hydrogen (secondary N) is 2. The first-order valence-electron chi connectivity index (χ1n) is 11.4. The molecule has 1 aromatic heterocycles. The maximum absolute atomic E-state index is 14.3. The summed E-state index contributed by atoms with van der Waals surface area (Å²) in [5, 5.41) is 11.5. The number of anilines is 1. The summed E-state index contributed by atoms with van der Waals surface area (Å²) >= 11 is 5.24. The van der Waals surface area contributed by atoms with Crippen LogP contribution in [0.5, 0.6) is 5.75 Å². The molecule has 7 nitrogen and oxygen atoms in total. The van der Waals surface area contributed by atoms with Gasteiger partial charge in [0, 0.05) is 5.56 Å². The van der Waals surface area contributed by atoms with Crippen LogP contribution in [-0.4, -0.2) is 32.5 Å². The van der Waals surface area contributed by atoms with Gasteiger partial charge in [-0.15, -0.1) is 18.3 Å². The Balaban J connectivity index is 1.36. The summed E-state index contributed by atoms with van der Waals surface area (Å²) in [6.07, 6.45) is -1.74. The Hall–Kier alpha value is -4.32. The van der Waals surface area contributed by atoms with Crippen LogP contribution in [0.4, 0.5) is 23.2 Å². The number of benzene rings is 3. The molecule has 0 amide bonds. The second kappa shape index (κ2) is 11.4. The molecular weight excluding hydrogens is 520 g/mol. The van der Waals surface area contributed by atoms with E-state index in [1.54, 1.807) is 36.5 Å². The molecule has 0 aliphatic carbocycles. The number of ether oxygens (including phenoxy) is 1. The standard InChI is InChI=1S/C26H22F4N6OS/c1-16(2)21-4-3-5-22(27)23(21)33-25(38)34-32-14-17-6-8-18(9-7-17)24-31-15-36(35-24)19-10-12-20(13-11-19)37-26(28,29)30/h3-16H,1-2H3,(H2,33,34,38)/b32-14+. The Bertz CT molecular complexity index is 1430. The van der Waals surface area contributed by atoms with Crippen LogP contribution in [0.25, 0.3) is 17.1 Å². The molecule has 3 aromatic carbocycles. The fourth-order valence-corrected chi connectivity index (χ4v) is 3.65. The lowest BCUT2D eigenvalue weighted by Crippen LogP contribution is -2.25. The molecule has 38 heavy (non-hydrogen) atoms. The van der Waals surface area contributed by atoms with Crippen LogP contribution in [0, 0.1) is 5.82 Å². The maximum atomic E-state index is 14.3. The number of aromatic nitrogens is 3. The summed E-state index contributed by atoms with van der Waals surface area (Å²) in [6.45, 7) is 3.93. The normalized spacial score (nSPS) is 11.7. The van der Waals surface area contributed by atoms with Crippen molar-refractivity contribution in [1.29, 1.82) is 0 Å². The second-order valence-corrected chi connectivity index (χ2v) is 8.77. The Morgan fingerprint density at radius 2 is 1.76 bits per heavy atom. The molecule has 4 rings (SSSR count). The van der Waals surface area contributed by atoms with Gasteiger partial charge in [-0.2, -0.15) is 5.10 Å². The molecule has 0 saturated heterocycles. The minimum absolute atomic E-state index is 0.109. The van der Waals surface area contributed by atoms with E-state index < -0.39 is 12.2 Å². The number of thiocarbonyl (C=S) groups is 1. The van der Waals surface area contributed by atoms with Crippen LogP contribution in [0.3, 0.4) is 0 Å². The van der Waals surface area contributed by atoms with E-state index in [2.05, 4.69) is 30.7 Å². The summed E-state index contributed by atoms with van der Waals surface area (Å²) in [4.78, 5) is 4.26. The van der Waals surface area contributed by atoms with Crippen LogP contribution in [0.1, 0.15) is 30.9 Å². The smallest absolute Gasteiger partial charge is 0.406 e. The molecule has 0 spiro atoms. The summed E-state index contributed by atoms with van der Waals surface area (Å²) in [7, 11) is 0. The van der Waals surface area contributed by atoms with Crippen molar-refractivity contribution in [3.05, 3.63) is 90.0 Å². The van der Waals surface area contributed by atoms with E-state index in [9.17, 15) is 17.6 Å². The summed E-state index contributed by atoms with van der Waals surface area (Å²) < 4.78 is 56.6. The van der Waals surface area contributed by atoms with Crippen molar-refractivity contribution in [1.82, 2.24) is 20.2 Å². The van der Waals surface area contributed by atoms with Crippen LogP contribution in [0.15, 0.2) is 78.2 Å². The molecular formula is C26H22F4N6OS. The average molecular weight is 543 g/mol. The van der Waals surface area contributed by atoms with Crippen molar-refractivity contribution in [3.8, 4) is 22.8 Å². The number of alkyl halides is 3. The number of hydrazone groups is 1. The summed E-state index contributed by atoms with van der Waals surface area (Å²) in [6, 6.07) is 17.3. The van der Waals surface area contributed by atoms with Gasteiger partial charge < -0.3 is 10.1 Å². The van der Waals surface area contributed by atoms with E-state index in [1.165, 1.54) is 41.3 Å². The molecule has 0 fully saturated rings. The van der Waals surface area contributed by atoms with E-state index >= 15 is 0 Å². The van der Waals surface area contributed by atoms with E-state index in [1.807, 2.05) is 19.9 Å². The largest absolute Gasteiger partial charge is 0.573 e. The monoisotopic (exact) mass is 542 g/mol. The second-order valence-electron chi connectivity index (χ2n) is 8.36. The Morgan fingerprint density at radius 1 is 1.05 bits per heavy atom. The Morgan fingerprint density at radius 3 is 2.42 bits per heavy atom. The highest BCUT2D eigenvalue weighted by molar-refractivity contribution is 7.80. The zero-order valence-corrected chi connectivity index (χ0v) is 21.0. The highest BCUT2D eigenvalue weighted by Crippen LogP contribution is 2.27. The SMILES string of the molecule is CC(C)c1cccc(F)c1NC(=S)N/N=C/c1ccc(-c2ncn(-c3ccc(OC(F)(F)F)cc3)n2)cc1. The van der Waals surface area contributed by atoms with Gasteiger partial charge in [-0.25, -0.2) is 14.1 Å². The molecule has 0 saturated carbocycles. The molecule has 12 heteroatoms. The molecule has 0 aliphatic heterocycles. The Kier molecular flexibility index (Phi) is 8.01. The van der Waals surface area contributed by atoms with Gasteiger partial charge >= 0.3 is 6.36 Å². The van der Waals surface area contributed by atoms with Crippen molar-refractivity contribution in [2.24, 2.45) is 5.10 Å². The number of rotatable bonds is 7. The number of para-hydroxylation sites is 1. The van der Waals surface area contributed by atoms with Gasteiger partial charge in [0.15, 0.2) is 10.9 Å². The molecule has 0 unspecified atom stereocenters. The van der Waals surface area contributed by atoms with Crippen molar-refractivity contribution in [3.63, 3.8) is 0 Å². The molecule has 2 N–H and O–H groups in total. The van der Waals surface area contributed by atoms with Gasteiger partial charge in [0.05, 0.1) is 17.6 Å². The summed E-state index contributed by atoms with van der Waals surface area (Å²) in [5.41, 5.74) is 5.81. The molecule has 0 atom stereocenters. The predicted octanol–water partition coefficient (Wildman–Crippen LogP) is 6.42. The van der Waals surface area contributed by atoms with Crippen molar-refractivity contribution < 1.29 is 22.3 Å². The van der Waals surface area contributed by atoms with Gasteiger partial charge in [-0.05, 0) is 59.6 Å². The highest BCUT2D eigenvalue weighted by atomic mass is 32.1. The molecule has 0 aliphatic rings. The lowest BCUT2D eigenvalue weighted by molar-refractivity contribution is -0.274. The zero-order chi connectivity index (χ0) is 27.3. The quantitative estimate of drug-likeness (QED) is 0.122. The van der Waals surface area contributed by atoms with Gasteiger partial charge in [0.1, 0.15) is 17.9 Å². The highest BCUT2D eigenvalue weighted by Gasteiger charge is 2.31. The lowest BCUT2D eigenvalue weighted by Gasteiger charge is -2.15. The van der Waals surface area contributed by atoms with Crippen molar-refractivity contribution in [2.75, 3.05) is 5.32 Å². The first-order valence-corrected chi connectivity index (χ1v) is 11.8. The van der Waals surface area contributed by atoms with Crippen LogP contribution >= 0.6 is 12.2 Å². The Labute approximate surface area is 221 Å². The van der Waals surface area contributed by atoms with E-state index in [4.69, 9.17) is 12.2 Å².